The molecule has 0 amide bonds. The molecule has 1 aliphatic rings. The van der Waals surface area contributed by atoms with Crippen LogP contribution < -0.4 is 5.73 Å². The Morgan fingerprint density at radius 2 is 2.17 bits per heavy atom. The Morgan fingerprint density at radius 3 is 2.89 bits per heavy atom. The van der Waals surface area contributed by atoms with Crippen LogP contribution in [0.2, 0.25) is 0 Å². The maximum atomic E-state index is 6.19. The van der Waals surface area contributed by atoms with Crippen molar-refractivity contribution in [2.75, 3.05) is 0 Å². The SMILES string of the molecule is CC(C)C(N)c1nc2c(s1)Cc1c(Br)cccc1-2. The van der Waals surface area contributed by atoms with Crippen LogP contribution in [-0.2, 0) is 6.42 Å². The summed E-state index contributed by atoms with van der Waals surface area (Å²) >= 11 is 5.38. The van der Waals surface area contributed by atoms with Crippen molar-refractivity contribution in [2.24, 2.45) is 11.7 Å². The Bertz CT molecular complexity index is 604. The van der Waals surface area contributed by atoms with Crippen LogP contribution in [0.15, 0.2) is 22.7 Å². The van der Waals surface area contributed by atoms with Crippen molar-refractivity contribution < 1.29 is 0 Å². The molecule has 2 N–H and O–H groups in total. The van der Waals surface area contributed by atoms with E-state index in [1.54, 1.807) is 11.3 Å². The number of nitrogens with two attached hydrogens (primary N) is 1. The third kappa shape index (κ3) is 1.83. The highest BCUT2D eigenvalue weighted by Crippen LogP contribution is 2.43. The number of hydrogen-bond acceptors (Lipinski definition) is 3. The molecule has 1 aromatic heterocycles. The van der Waals surface area contributed by atoms with E-state index < -0.39 is 0 Å². The smallest absolute Gasteiger partial charge is 0.111 e. The molecule has 1 aliphatic carbocycles. The monoisotopic (exact) mass is 322 g/mol. The second kappa shape index (κ2) is 4.44. The van der Waals surface area contributed by atoms with Crippen molar-refractivity contribution in [1.82, 2.24) is 4.98 Å². The summed E-state index contributed by atoms with van der Waals surface area (Å²) in [6.45, 7) is 4.28. The minimum absolute atomic E-state index is 0.0520. The molecule has 0 fully saturated rings. The number of benzene rings is 1. The van der Waals surface area contributed by atoms with Gasteiger partial charge >= 0.3 is 0 Å². The first kappa shape index (κ1) is 12.3. The number of hydrogen-bond donors (Lipinski definition) is 1. The van der Waals surface area contributed by atoms with Crippen LogP contribution in [0.3, 0.4) is 0 Å². The van der Waals surface area contributed by atoms with Crippen LogP contribution in [0, 0.1) is 5.92 Å². The number of rotatable bonds is 2. The molecular formula is C14H15BrN2S. The van der Waals surface area contributed by atoms with E-state index in [-0.39, 0.29) is 6.04 Å². The Balaban J connectivity index is 2.06. The summed E-state index contributed by atoms with van der Waals surface area (Å²) in [4.78, 5) is 6.12. The first-order valence-corrected chi connectivity index (χ1v) is 7.72. The Kier molecular flexibility index (Phi) is 3.04. The molecule has 2 aromatic rings. The summed E-state index contributed by atoms with van der Waals surface area (Å²) in [7, 11) is 0. The average molecular weight is 323 g/mol. The van der Waals surface area contributed by atoms with Crippen LogP contribution >= 0.6 is 27.3 Å². The van der Waals surface area contributed by atoms with Gasteiger partial charge in [-0.25, -0.2) is 4.98 Å². The highest BCUT2D eigenvalue weighted by atomic mass is 79.9. The van der Waals surface area contributed by atoms with E-state index in [0.29, 0.717) is 5.92 Å². The average Bonchev–Trinajstić information content (AvgIpc) is 2.86. The second-order valence-corrected chi connectivity index (χ2v) is 7.01. The summed E-state index contributed by atoms with van der Waals surface area (Å²) in [6.07, 6.45) is 0.981. The van der Waals surface area contributed by atoms with Crippen LogP contribution in [-0.4, -0.2) is 4.98 Å². The number of thiazole rings is 1. The van der Waals surface area contributed by atoms with Crippen molar-refractivity contribution in [3.8, 4) is 11.3 Å². The molecule has 1 atom stereocenters. The molecule has 1 unspecified atom stereocenters. The van der Waals surface area contributed by atoms with Crippen molar-refractivity contribution in [1.29, 1.82) is 0 Å². The summed E-state index contributed by atoms with van der Waals surface area (Å²) in [5.74, 6) is 0.429. The molecule has 4 heteroatoms. The van der Waals surface area contributed by atoms with Crippen molar-refractivity contribution in [3.63, 3.8) is 0 Å². The number of fused-ring (bicyclic) bond motifs is 3. The van der Waals surface area contributed by atoms with Gasteiger partial charge in [-0.3, -0.25) is 0 Å². The van der Waals surface area contributed by atoms with Crippen LogP contribution in [0.25, 0.3) is 11.3 Å². The molecule has 0 spiro atoms. The van der Waals surface area contributed by atoms with Crippen LogP contribution in [0.4, 0.5) is 0 Å². The van der Waals surface area contributed by atoms with Gasteiger partial charge in [0.2, 0.25) is 0 Å². The van der Waals surface area contributed by atoms with Gasteiger partial charge in [-0.15, -0.1) is 11.3 Å². The largest absolute Gasteiger partial charge is 0.322 e. The fourth-order valence-electron chi connectivity index (χ4n) is 2.25. The maximum Gasteiger partial charge on any atom is 0.111 e. The summed E-state index contributed by atoms with van der Waals surface area (Å²) in [5.41, 5.74) is 9.95. The highest BCUT2D eigenvalue weighted by Gasteiger charge is 2.26. The van der Waals surface area contributed by atoms with Gasteiger partial charge in [0.15, 0.2) is 0 Å². The van der Waals surface area contributed by atoms with E-state index in [2.05, 4.69) is 48.0 Å². The molecule has 1 aromatic carbocycles. The summed E-state index contributed by atoms with van der Waals surface area (Å²) in [6, 6.07) is 6.36. The molecule has 0 saturated carbocycles. The lowest BCUT2D eigenvalue weighted by molar-refractivity contribution is 0.512. The zero-order chi connectivity index (χ0) is 12.9. The van der Waals surface area contributed by atoms with Crippen LogP contribution in [0.1, 0.15) is 35.3 Å². The van der Waals surface area contributed by atoms with Crippen molar-refractivity contribution in [3.05, 3.63) is 38.1 Å². The van der Waals surface area contributed by atoms with Gasteiger partial charge in [0.1, 0.15) is 5.01 Å². The normalized spacial score (nSPS) is 14.7. The Morgan fingerprint density at radius 1 is 1.39 bits per heavy atom. The van der Waals surface area contributed by atoms with Crippen molar-refractivity contribution in [2.45, 2.75) is 26.3 Å². The second-order valence-electron chi connectivity index (χ2n) is 5.04. The lowest BCUT2D eigenvalue weighted by atomic mass is 10.1. The Labute approximate surface area is 119 Å². The van der Waals surface area contributed by atoms with Crippen LogP contribution in [0.5, 0.6) is 0 Å². The van der Waals surface area contributed by atoms with E-state index in [0.717, 1.165) is 17.1 Å². The minimum Gasteiger partial charge on any atom is -0.322 e. The minimum atomic E-state index is 0.0520. The van der Waals surface area contributed by atoms with Gasteiger partial charge in [0, 0.05) is 21.3 Å². The van der Waals surface area contributed by atoms with E-state index in [9.17, 15) is 0 Å². The van der Waals surface area contributed by atoms with Gasteiger partial charge in [0.25, 0.3) is 0 Å². The topological polar surface area (TPSA) is 38.9 Å². The van der Waals surface area contributed by atoms with Gasteiger partial charge < -0.3 is 5.73 Å². The van der Waals surface area contributed by atoms with E-state index in [4.69, 9.17) is 10.7 Å². The summed E-state index contributed by atoms with van der Waals surface area (Å²) in [5, 5.41) is 1.07. The summed E-state index contributed by atoms with van der Waals surface area (Å²) < 4.78 is 1.18. The number of nitrogens with zero attached hydrogens (tertiary/aromatic N) is 1. The van der Waals surface area contributed by atoms with Gasteiger partial charge in [-0.2, -0.15) is 0 Å². The quantitative estimate of drug-likeness (QED) is 0.770. The van der Waals surface area contributed by atoms with E-state index >= 15 is 0 Å². The number of aromatic nitrogens is 1. The first-order valence-electron chi connectivity index (χ1n) is 6.11. The molecule has 3 rings (SSSR count). The highest BCUT2D eigenvalue weighted by molar-refractivity contribution is 9.10. The lowest BCUT2D eigenvalue weighted by Gasteiger charge is -2.12. The Hall–Kier alpha value is -0.710. The zero-order valence-corrected chi connectivity index (χ0v) is 12.8. The third-order valence-electron chi connectivity index (χ3n) is 3.43. The van der Waals surface area contributed by atoms with E-state index in [1.165, 1.54) is 20.5 Å². The van der Waals surface area contributed by atoms with Crippen molar-refractivity contribution >= 4 is 27.3 Å². The molecule has 0 bridgehead atoms. The molecule has 1 heterocycles. The zero-order valence-electron chi connectivity index (χ0n) is 10.4. The third-order valence-corrected chi connectivity index (χ3v) is 5.33. The lowest BCUT2D eigenvalue weighted by Crippen LogP contribution is -2.16. The standard InChI is InChI=1S/C14H15BrN2S/c1-7(2)12(16)14-17-13-8-4-3-5-10(15)9(8)6-11(13)18-14/h3-5,7,12H,6,16H2,1-2H3. The maximum absolute atomic E-state index is 6.19. The molecular weight excluding hydrogens is 308 g/mol. The fourth-order valence-corrected chi connectivity index (χ4v) is 4.02. The fraction of sp³-hybridized carbons (Fsp3) is 0.357. The van der Waals surface area contributed by atoms with Gasteiger partial charge in [-0.1, -0.05) is 41.9 Å². The van der Waals surface area contributed by atoms with E-state index in [1.807, 2.05) is 0 Å². The molecule has 0 aliphatic heterocycles. The predicted octanol–water partition coefficient (Wildman–Crippen LogP) is 4.13. The molecule has 18 heavy (non-hydrogen) atoms. The molecule has 94 valence electrons. The number of halogens is 1. The van der Waals surface area contributed by atoms with Gasteiger partial charge in [0.05, 0.1) is 11.7 Å². The molecule has 0 saturated heterocycles. The van der Waals surface area contributed by atoms with Gasteiger partial charge in [-0.05, 0) is 17.5 Å². The first-order chi connectivity index (χ1) is 8.58. The molecule has 2 nitrogen and oxygen atoms in total. The molecule has 0 radical (unpaired) electrons. The predicted molar refractivity (Wildman–Crippen MR) is 79.8 cm³/mol.